The molecule has 1 aliphatic heterocycles. The average molecular weight is 244 g/mol. The Kier molecular flexibility index (Phi) is 2.22. The SMILES string of the molecule is Cn1cc(Oc2cc3c(cc2N)CC(=O)N3)cn1. The van der Waals surface area contributed by atoms with Crippen LogP contribution in [0.1, 0.15) is 5.56 Å². The van der Waals surface area contributed by atoms with Crippen LogP contribution in [-0.2, 0) is 18.3 Å². The summed E-state index contributed by atoms with van der Waals surface area (Å²) in [4.78, 5) is 11.3. The quantitative estimate of drug-likeness (QED) is 0.780. The number of nitrogens with one attached hydrogen (secondary N) is 1. The Morgan fingerprint density at radius 3 is 3.06 bits per heavy atom. The Labute approximate surface area is 103 Å². The zero-order valence-corrected chi connectivity index (χ0v) is 9.80. The predicted molar refractivity (Wildman–Crippen MR) is 66.5 cm³/mol. The molecule has 0 bridgehead atoms. The molecule has 2 aromatic rings. The molecule has 0 radical (unpaired) electrons. The number of rotatable bonds is 2. The van der Waals surface area contributed by atoms with Gasteiger partial charge in [0.15, 0.2) is 11.5 Å². The summed E-state index contributed by atoms with van der Waals surface area (Å²) in [5.74, 6) is 1.10. The van der Waals surface area contributed by atoms with Crippen LogP contribution in [0.3, 0.4) is 0 Å². The van der Waals surface area contributed by atoms with E-state index in [1.807, 2.05) is 0 Å². The van der Waals surface area contributed by atoms with Gasteiger partial charge in [-0.25, -0.2) is 0 Å². The van der Waals surface area contributed by atoms with Crippen LogP contribution < -0.4 is 15.8 Å². The second-order valence-electron chi connectivity index (χ2n) is 4.22. The second kappa shape index (κ2) is 3.76. The molecule has 0 saturated heterocycles. The van der Waals surface area contributed by atoms with Crippen molar-refractivity contribution in [1.29, 1.82) is 0 Å². The van der Waals surface area contributed by atoms with Gasteiger partial charge in [0.05, 0.1) is 24.5 Å². The maximum absolute atomic E-state index is 11.3. The van der Waals surface area contributed by atoms with Crippen LogP contribution in [0.15, 0.2) is 24.5 Å². The fourth-order valence-corrected chi connectivity index (χ4v) is 1.94. The van der Waals surface area contributed by atoms with Crippen molar-refractivity contribution in [2.24, 2.45) is 7.05 Å². The minimum absolute atomic E-state index is 0.0251. The molecule has 92 valence electrons. The summed E-state index contributed by atoms with van der Waals surface area (Å²) in [7, 11) is 1.80. The third kappa shape index (κ3) is 1.77. The highest BCUT2D eigenvalue weighted by atomic mass is 16.5. The van der Waals surface area contributed by atoms with E-state index in [0.717, 1.165) is 11.3 Å². The Balaban J connectivity index is 1.93. The third-order valence-electron chi connectivity index (χ3n) is 2.77. The molecule has 0 aliphatic carbocycles. The van der Waals surface area contributed by atoms with Gasteiger partial charge in [-0.15, -0.1) is 0 Å². The molecule has 0 atom stereocenters. The van der Waals surface area contributed by atoms with Crippen molar-refractivity contribution in [3.05, 3.63) is 30.1 Å². The molecule has 3 rings (SSSR count). The van der Waals surface area contributed by atoms with Crippen LogP contribution in [0.2, 0.25) is 0 Å². The molecule has 2 heterocycles. The molecule has 1 aromatic carbocycles. The third-order valence-corrected chi connectivity index (χ3v) is 2.77. The molecular weight excluding hydrogens is 232 g/mol. The van der Waals surface area contributed by atoms with E-state index in [9.17, 15) is 4.79 Å². The summed E-state index contributed by atoms with van der Waals surface area (Å²) in [5.41, 5.74) is 8.07. The second-order valence-corrected chi connectivity index (χ2v) is 4.22. The summed E-state index contributed by atoms with van der Waals surface area (Å²) in [5, 5.41) is 6.77. The molecule has 0 unspecified atom stereocenters. The van der Waals surface area contributed by atoms with Gasteiger partial charge in [0, 0.05) is 18.8 Å². The zero-order chi connectivity index (χ0) is 12.7. The van der Waals surface area contributed by atoms with E-state index in [1.165, 1.54) is 0 Å². The summed E-state index contributed by atoms with van der Waals surface area (Å²) in [6, 6.07) is 3.50. The van der Waals surface area contributed by atoms with Crippen molar-refractivity contribution in [3.8, 4) is 11.5 Å². The van der Waals surface area contributed by atoms with Crippen molar-refractivity contribution in [3.63, 3.8) is 0 Å². The fraction of sp³-hybridized carbons (Fsp3) is 0.167. The fourth-order valence-electron chi connectivity index (χ4n) is 1.94. The summed E-state index contributed by atoms with van der Waals surface area (Å²) in [6.45, 7) is 0. The molecule has 0 spiro atoms. The van der Waals surface area contributed by atoms with Crippen molar-refractivity contribution in [2.45, 2.75) is 6.42 Å². The summed E-state index contributed by atoms with van der Waals surface area (Å²) >= 11 is 0. The predicted octanol–water partition coefficient (Wildman–Crippen LogP) is 1.29. The molecule has 6 heteroatoms. The number of amides is 1. The number of carbonyl (C=O) groups is 1. The summed E-state index contributed by atoms with van der Waals surface area (Å²) in [6.07, 6.45) is 3.71. The highest BCUT2D eigenvalue weighted by Crippen LogP contribution is 2.35. The minimum Gasteiger partial charge on any atom is -0.452 e. The molecule has 1 aromatic heterocycles. The van der Waals surface area contributed by atoms with Crippen LogP contribution in [0.25, 0.3) is 0 Å². The first-order valence-corrected chi connectivity index (χ1v) is 5.50. The minimum atomic E-state index is -0.0251. The number of nitrogen functional groups attached to an aromatic ring is 1. The van der Waals surface area contributed by atoms with Crippen molar-refractivity contribution < 1.29 is 9.53 Å². The zero-order valence-electron chi connectivity index (χ0n) is 9.80. The Morgan fingerprint density at radius 1 is 1.50 bits per heavy atom. The first kappa shape index (κ1) is 10.6. The lowest BCUT2D eigenvalue weighted by Gasteiger charge is -2.08. The van der Waals surface area contributed by atoms with Gasteiger partial charge in [-0.3, -0.25) is 9.48 Å². The van der Waals surface area contributed by atoms with Gasteiger partial charge in [0.25, 0.3) is 0 Å². The number of benzene rings is 1. The van der Waals surface area contributed by atoms with Crippen LogP contribution >= 0.6 is 0 Å². The van der Waals surface area contributed by atoms with Crippen molar-refractivity contribution >= 4 is 17.3 Å². The van der Waals surface area contributed by atoms with Gasteiger partial charge in [-0.05, 0) is 11.6 Å². The maximum atomic E-state index is 11.3. The van der Waals surface area contributed by atoms with E-state index in [-0.39, 0.29) is 5.91 Å². The summed E-state index contributed by atoms with van der Waals surface area (Å²) < 4.78 is 7.27. The molecule has 18 heavy (non-hydrogen) atoms. The van der Waals surface area contributed by atoms with Gasteiger partial charge >= 0.3 is 0 Å². The number of carbonyl (C=O) groups excluding carboxylic acids is 1. The van der Waals surface area contributed by atoms with E-state index in [4.69, 9.17) is 10.5 Å². The Bertz CT molecular complexity index is 633. The maximum Gasteiger partial charge on any atom is 0.228 e. The number of aromatic nitrogens is 2. The number of ether oxygens (including phenoxy) is 1. The molecule has 0 fully saturated rings. The van der Waals surface area contributed by atoms with E-state index in [0.29, 0.717) is 23.6 Å². The number of nitrogens with zero attached hydrogens (tertiary/aromatic N) is 2. The highest BCUT2D eigenvalue weighted by molar-refractivity contribution is 6.00. The van der Waals surface area contributed by atoms with Gasteiger partial charge in [-0.2, -0.15) is 5.10 Å². The Morgan fingerprint density at radius 2 is 2.33 bits per heavy atom. The number of fused-ring (bicyclic) bond motifs is 1. The number of hydrogen-bond donors (Lipinski definition) is 2. The number of nitrogens with two attached hydrogens (primary N) is 1. The molecule has 1 amide bonds. The van der Waals surface area contributed by atoms with Gasteiger partial charge in [0.1, 0.15) is 0 Å². The molecule has 3 N–H and O–H groups in total. The lowest BCUT2D eigenvalue weighted by molar-refractivity contribution is -0.115. The monoisotopic (exact) mass is 244 g/mol. The lowest BCUT2D eigenvalue weighted by atomic mass is 10.1. The topological polar surface area (TPSA) is 82.2 Å². The van der Waals surface area contributed by atoms with Gasteiger partial charge in [-0.1, -0.05) is 0 Å². The van der Waals surface area contributed by atoms with Crippen LogP contribution in [-0.4, -0.2) is 15.7 Å². The van der Waals surface area contributed by atoms with E-state index < -0.39 is 0 Å². The van der Waals surface area contributed by atoms with Crippen molar-refractivity contribution in [1.82, 2.24) is 9.78 Å². The number of anilines is 2. The normalized spacial score (nSPS) is 13.3. The average Bonchev–Trinajstić information content (AvgIpc) is 2.85. The molecular formula is C12H12N4O2. The van der Waals surface area contributed by atoms with E-state index in [1.54, 1.807) is 36.3 Å². The molecule has 6 nitrogen and oxygen atoms in total. The van der Waals surface area contributed by atoms with Crippen LogP contribution in [0.5, 0.6) is 11.5 Å². The lowest BCUT2D eigenvalue weighted by Crippen LogP contribution is -2.03. The van der Waals surface area contributed by atoms with E-state index >= 15 is 0 Å². The first-order chi connectivity index (χ1) is 8.61. The van der Waals surface area contributed by atoms with Crippen LogP contribution in [0, 0.1) is 0 Å². The molecule has 1 aliphatic rings. The largest absolute Gasteiger partial charge is 0.452 e. The number of aryl methyl sites for hydroxylation is 1. The smallest absolute Gasteiger partial charge is 0.228 e. The van der Waals surface area contributed by atoms with E-state index in [2.05, 4.69) is 10.4 Å². The number of hydrogen-bond acceptors (Lipinski definition) is 4. The highest BCUT2D eigenvalue weighted by Gasteiger charge is 2.20. The van der Waals surface area contributed by atoms with Crippen LogP contribution in [0.4, 0.5) is 11.4 Å². The van der Waals surface area contributed by atoms with Gasteiger partial charge < -0.3 is 15.8 Å². The standard InChI is InChI=1S/C12H12N4O2/c1-16-6-8(5-14-16)18-11-4-10-7(2-9(11)13)3-12(17)15-10/h2,4-6H,3,13H2,1H3,(H,15,17). The Hall–Kier alpha value is -2.50. The van der Waals surface area contributed by atoms with Gasteiger partial charge in [0.2, 0.25) is 5.91 Å². The first-order valence-electron chi connectivity index (χ1n) is 5.50. The molecule has 0 saturated carbocycles. The van der Waals surface area contributed by atoms with Crippen molar-refractivity contribution in [2.75, 3.05) is 11.1 Å².